The van der Waals surface area contributed by atoms with Crippen LogP contribution in [0, 0.1) is 0 Å². The maximum atomic E-state index is 11.3. The van der Waals surface area contributed by atoms with Gasteiger partial charge in [0.2, 0.25) is 0 Å². The predicted octanol–water partition coefficient (Wildman–Crippen LogP) is 7.28. The topological polar surface area (TPSA) is 52.6 Å². The Hall–Kier alpha value is -4.70. The minimum Gasteiger partial charge on any atom is -0.423 e. The van der Waals surface area contributed by atoms with Gasteiger partial charge in [-0.15, -0.1) is 0 Å². The molecule has 4 heteroatoms. The van der Waals surface area contributed by atoms with Gasteiger partial charge in [0, 0.05) is 11.6 Å². The standard InChI is InChI=1S/C16H14O2.C15H12O2/c1-12(2)16(17)18-15-10-8-14(9-11-15)13-6-4-3-5-7-13;1-2-15(16)17-14-10-8-13(9-11-14)12-6-4-3-5-7-12/h3-11H,1H2,2H3;2-11H,1H2. The highest BCUT2D eigenvalue weighted by Crippen LogP contribution is 2.23. The summed E-state index contributed by atoms with van der Waals surface area (Å²) in [6.45, 7) is 8.51. The van der Waals surface area contributed by atoms with Crippen molar-refractivity contribution in [2.24, 2.45) is 0 Å². The number of benzene rings is 4. The summed E-state index contributed by atoms with van der Waals surface area (Å²) in [5.74, 6) is 0.206. The van der Waals surface area contributed by atoms with Gasteiger partial charge >= 0.3 is 11.9 Å². The highest BCUT2D eigenvalue weighted by atomic mass is 16.5. The monoisotopic (exact) mass is 462 g/mol. The molecular formula is C31H26O4. The van der Waals surface area contributed by atoms with Crippen LogP contribution in [0.4, 0.5) is 0 Å². The van der Waals surface area contributed by atoms with E-state index < -0.39 is 11.9 Å². The molecule has 174 valence electrons. The van der Waals surface area contributed by atoms with Gasteiger partial charge in [-0.1, -0.05) is 98.1 Å². The van der Waals surface area contributed by atoms with Gasteiger partial charge in [0.25, 0.3) is 0 Å². The summed E-state index contributed by atoms with van der Waals surface area (Å²) in [6.07, 6.45) is 1.14. The maximum absolute atomic E-state index is 11.3. The largest absolute Gasteiger partial charge is 0.423 e. The second-order valence-electron chi connectivity index (χ2n) is 7.58. The van der Waals surface area contributed by atoms with Gasteiger partial charge in [-0.3, -0.25) is 0 Å². The van der Waals surface area contributed by atoms with E-state index in [-0.39, 0.29) is 0 Å². The number of rotatable bonds is 6. The van der Waals surface area contributed by atoms with E-state index in [1.165, 1.54) is 0 Å². The van der Waals surface area contributed by atoms with Gasteiger partial charge in [-0.05, 0) is 53.4 Å². The van der Waals surface area contributed by atoms with E-state index >= 15 is 0 Å². The van der Waals surface area contributed by atoms with E-state index in [0.717, 1.165) is 28.3 Å². The van der Waals surface area contributed by atoms with Crippen molar-refractivity contribution in [1.29, 1.82) is 0 Å². The maximum Gasteiger partial charge on any atom is 0.338 e. The Morgan fingerprint density at radius 2 is 0.971 bits per heavy atom. The summed E-state index contributed by atoms with van der Waals surface area (Å²) in [7, 11) is 0. The van der Waals surface area contributed by atoms with Crippen molar-refractivity contribution in [3.8, 4) is 33.8 Å². The van der Waals surface area contributed by atoms with Gasteiger partial charge in [0.05, 0.1) is 0 Å². The molecule has 4 rings (SSSR count). The average molecular weight is 463 g/mol. The van der Waals surface area contributed by atoms with Crippen LogP contribution in [0.5, 0.6) is 11.5 Å². The zero-order chi connectivity index (χ0) is 25.0. The molecule has 0 heterocycles. The summed E-state index contributed by atoms with van der Waals surface area (Å²) >= 11 is 0. The van der Waals surface area contributed by atoms with Crippen LogP contribution in [-0.2, 0) is 9.59 Å². The molecule has 0 radical (unpaired) electrons. The van der Waals surface area contributed by atoms with Gasteiger partial charge in [-0.2, -0.15) is 0 Å². The van der Waals surface area contributed by atoms with Crippen LogP contribution in [0.15, 0.2) is 134 Å². The molecular weight excluding hydrogens is 436 g/mol. The molecule has 0 aliphatic carbocycles. The number of carbonyl (C=O) groups is 2. The van der Waals surface area contributed by atoms with Crippen molar-refractivity contribution in [1.82, 2.24) is 0 Å². The smallest absolute Gasteiger partial charge is 0.338 e. The third kappa shape index (κ3) is 7.69. The van der Waals surface area contributed by atoms with Crippen molar-refractivity contribution in [2.75, 3.05) is 0 Å². The molecule has 0 N–H and O–H groups in total. The second-order valence-corrected chi connectivity index (χ2v) is 7.58. The molecule has 4 aromatic rings. The molecule has 0 fully saturated rings. The molecule has 0 atom stereocenters. The van der Waals surface area contributed by atoms with Crippen LogP contribution in [0.3, 0.4) is 0 Å². The minimum absolute atomic E-state index is 0.391. The Balaban J connectivity index is 0.000000196. The molecule has 0 saturated carbocycles. The van der Waals surface area contributed by atoms with E-state index in [2.05, 4.69) is 13.2 Å². The molecule has 0 saturated heterocycles. The van der Waals surface area contributed by atoms with Gasteiger partial charge in [-0.25, -0.2) is 9.59 Å². The fourth-order valence-electron chi connectivity index (χ4n) is 3.04. The van der Waals surface area contributed by atoms with Gasteiger partial charge < -0.3 is 9.47 Å². The molecule has 0 bridgehead atoms. The molecule has 4 nitrogen and oxygen atoms in total. The third-order valence-electron chi connectivity index (χ3n) is 4.87. The number of carbonyl (C=O) groups excluding carboxylic acids is 2. The van der Waals surface area contributed by atoms with Crippen LogP contribution in [-0.4, -0.2) is 11.9 Å². The van der Waals surface area contributed by atoms with E-state index in [9.17, 15) is 9.59 Å². The summed E-state index contributed by atoms with van der Waals surface area (Å²) in [5.41, 5.74) is 4.83. The van der Waals surface area contributed by atoms with E-state index in [1.807, 2.05) is 84.9 Å². The lowest BCUT2D eigenvalue weighted by Crippen LogP contribution is -2.07. The summed E-state index contributed by atoms with van der Waals surface area (Å²) in [4.78, 5) is 22.3. The Morgan fingerprint density at radius 1 is 0.600 bits per heavy atom. The number of ether oxygens (including phenoxy) is 2. The van der Waals surface area contributed by atoms with Gasteiger partial charge in [0.15, 0.2) is 0 Å². The van der Waals surface area contributed by atoms with Crippen molar-refractivity contribution in [2.45, 2.75) is 6.92 Å². The van der Waals surface area contributed by atoms with Crippen molar-refractivity contribution < 1.29 is 19.1 Å². The number of hydrogen-bond acceptors (Lipinski definition) is 4. The molecule has 4 aromatic carbocycles. The second kappa shape index (κ2) is 12.5. The Labute approximate surface area is 205 Å². The van der Waals surface area contributed by atoms with Crippen LogP contribution >= 0.6 is 0 Å². The van der Waals surface area contributed by atoms with E-state index in [0.29, 0.717) is 17.1 Å². The zero-order valence-corrected chi connectivity index (χ0v) is 19.5. The van der Waals surface area contributed by atoms with Crippen molar-refractivity contribution >= 4 is 11.9 Å². The fourth-order valence-corrected chi connectivity index (χ4v) is 3.04. The Morgan fingerprint density at radius 3 is 1.34 bits per heavy atom. The Bertz CT molecular complexity index is 1270. The first-order valence-corrected chi connectivity index (χ1v) is 11.0. The molecule has 0 aliphatic heterocycles. The molecule has 0 aliphatic rings. The normalized spacial score (nSPS) is 9.74. The number of hydrogen-bond donors (Lipinski definition) is 0. The lowest BCUT2D eigenvalue weighted by atomic mass is 10.1. The lowest BCUT2D eigenvalue weighted by molar-refractivity contribution is -0.130. The molecule has 35 heavy (non-hydrogen) atoms. The minimum atomic E-state index is -0.447. The van der Waals surface area contributed by atoms with E-state index in [1.54, 1.807) is 31.2 Å². The first-order valence-electron chi connectivity index (χ1n) is 11.0. The van der Waals surface area contributed by atoms with Crippen molar-refractivity contribution in [3.63, 3.8) is 0 Å². The van der Waals surface area contributed by atoms with Crippen LogP contribution < -0.4 is 9.47 Å². The lowest BCUT2D eigenvalue weighted by Gasteiger charge is -2.05. The van der Waals surface area contributed by atoms with Crippen LogP contribution in [0.25, 0.3) is 22.3 Å². The quantitative estimate of drug-likeness (QED) is 0.172. The van der Waals surface area contributed by atoms with Gasteiger partial charge in [0.1, 0.15) is 11.5 Å². The molecule has 0 unspecified atom stereocenters. The Kier molecular flexibility index (Phi) is 8.92. The zero-order valence-electron chi connectivity index (χ0n) is 19.5. The van der Waals surface area contributed by atoms with E-state index in [4.69, 9.17) is 9.47 Å². The SMILES string of the molecule is C=C(C)C(=O)Oc1ccc(-c2ccccc2)cc1.C=CC(=O)Oc1ccc(-c2ccccc2)cc1. The molecule has 0 amide bonds. The van der Waals surface area contributed by atoms with Crippen molar-refractivity contribution in [3.05, 3.63) is 134 Å². The highest BCUT2D eigenvalue weighted by molar-refractivity contribution is 5.88. The third-order valence-corrected chi connectivity index (χ3v) is 4.87. The van der Waals surface area contributed by atoms with Crippen LogP contribution in [0.2, 0.25) is 0 Å². The summed E-state index contributed by atoms with van der Waals surface area (Å²) < 4.78 is 10.1. The first-order chi connectivity index (χ1) is 17.0. The highest BCUT2D eigenvalue weighted by Gasteiger charge is 2.05. The average Bonchev–Trinajstić information content (AvgIpc) is 2.91. The first kappa shape index (κ1) is 24.9. The summed E-state index contributed by atoms with van der Waals surface area (Å²) in [5, 5.41) is 0. The number of esters is 2. The molecule has 0 aromatic heterocycles. The van der Waals surface area contributed by atoms with Crippen LogP contribution in [0.1, 0.15) is 6.92 Å². The molecule has 0 spiro atoms. The summed E-state index contributed by atoms with van der Waals surface area (Å²) in [6, 6.07) is 34.8. The fraction of sp³-hybridized carbons (Fsp3) is 0.0323. The predicted molar refractivity (Wildman–Crippen MR) is 140 cm³/mol.